The Hall–Kier alpha value is -2.35. The Kier molecular flexibility index (Phi) is 8.64. The van der Waals surface area contributed by atoms with Gasteiger partial charge in [-0.3, -0.25) is 9.69 Å². The van der Waals surface area contributed by atoms with Gasteiger partial charge in [-0.1, -0.05) is 18.2 Å². The molecule has 0 saturated heterocycles. The number of aliphatic hydroxyl groups excluding tert-OH is 1. The van der Waals surface area contributed by atoms with Gasteiger partial charge < -0.3 is 19.5 Å². The largest absolute Gasteiger partial charge is 0.493 e. The van der Waals surface area contributed by atoms with E-state index >= 15 is 0 Å². The average molecular weight is 485 g/mol. The minimum absolute atomic E-state index is 0.0991. The molecular formula is C27H36N2O4S. The zero-order chi connectivity index (χ0) is 23.9. The number of carbonyl (C=O) groups is 1. The first kappa shape index (κ1) is 24.8. The molecule has 1 aliphatic heterocycles. The van der Waals surface area contributed by atoms with E-state index in [-0.39, 0.29) is 11.9 Å². The van der Waals surface area contributed by atoms with E-state index in [4.69, 9.17) is 9.47 Å². The third kappa shape index (κ3) is 6.40. The van der Waals surface area contributed by atoms with Gasteiger partial charge in [0.05, 0.1) is 25.8 Å². The normalized spacial score (nSPS) is 18.4. The van der Waals surface area contributed by atoms with Gasteiger partial charge in [0.2, 0.25) is 5.91 Å². The van der Waals surface area contributed by atoms with Gasteiger partial charge in [-0.2, -0.15) is 0 Å². The maximum atomic E-state index is 13.6. The number of amides is 1. The SMILES string of the molecule is C=CCC[C@@H](O)CN(CC(=O)N1CCc2sccc2[C@@H]1COc1ccccc1OC)CC1CC1. The van der Waals surface area contributed by atoms with Crippen molar-refractivity contribution < 1.29 is 19.4 Å². The molecule has 1 amide bonds. The second kappa shape index (κ2) is 11.9. The first-order valence-electron chi connectivity index (χ1n) is 12.2. The zero-order valence-corrected chi connectivity index (χ0v) is 20.8. The number of hydrogen-bond acceptors (Lipinski definition) is 6. The second-order valence-electron chi connectivity index (χ2n) is 9.27. The highest BCUT2D eigenvalue weighted by molar-refractivity contribution is 7.10. The van der Waals surface area contributed by atoms with Gasteiger partial charge in [0.25, 0.3) is 0 Å². The molecule has 1 fully saturated rings. The number of methoxy groups -OCH3 is 1. The summed E-state index contributed by atoms with van der Waals surface area (Å²) in [6.45, 7) is 6.53. The number of benzene rings is 1. The van der Waals surface area contributed by atoms with Gasteiger partial charge in [0.1, 0.15) is 6.61 Å². The fourth-order valence-corrected chi connectivity index (χ4v) is 5.56. The van der Waals surface area contributed by atoms with Crippen LogP contribution in [0.2, 0.25) is 0 Å². The Bertz CT molecular complexity index is 958. The van der Waals surface area contributed by atoms with Crippen LogP contribution in [0.3, 0.4) is 0 Å². The molecule has 1 aliphatic carbocycles. The summed E-state index contributed by atoms with van der Waals surface area (Å²) in [4.78, 5) is 19.0. The van der Waals surface area contributed by atoms with Crippen LogP contribution in [0.4, 0.5) is 0 Å². The standard InChI is InChI=1S/C27H36N2O4S/c1-3-4-7-21(30)17-28(16-20-10-11-20)18-27(31)29-14-12-26-22(13-15-34-26)23(29)19-33-25-9-6-5-8-24(25)32-2/h3,5-6,8-9,13,15,20-21,23,30H,1,4,7,10-12,14,16-19H2,2H3/t21-,23+/m1/s1. The van der Waals surface area contributed by atoms with Crippen molar-refractivity contribution in [2.45, 2.75) is 44.2 Å². The molecule has 7 heteroatoms. The smallest absolute Gasteiger partial charge is 0.237 e. The number of carbonyl (C=O) groups excluding carboxylic acids is 1. The highest BCUT2D eigenvalue weighted by Crippen LogP contribution is 2.35. The number of aliphatic hydroxyl groups is 1. The molecule has 0 spiro atoms. The Balaban J connectivity index is 1.46. The number of thiophene rings is 1. The number of nitrogens with zero attached hydrogens (tertiary/aromatic N) is 2. The van der Waals surface area contributed by atoms with Gasteiger partial charge in [-0.25, -0.2) is 0 Å². The molecule has 2 aromatic rings. The van der Waals surface area contributed by atoms with Gasteiger partial charge in [0.15, 0.2) is 11.5 Å². The van der Waals surface area contributed by atoms with Crippen molar-refractivity contribution in [3.8, 4) is 11.5 Å². The lowest BCUT2D eigenvalue weighted by Gasteiger charge is -2.37. The van der Waals surface area contributed by atoms with Gasteiger partial charge in [-0.05, 0) is 67.2 Å². The maximum Gasteiger partial charge on any atom is 0.237 e. The predicted molar refractivity (Wildman–Crippen MR) is 136 cm³/mol. The highest BCUT2D eigenvalue weighted by Gasteiger charge is 2.34. The van der Waals surface area contributed by atoms with E-state index in [1.54, 1.807) is 18.4 Å². The van der Waals surface area contributed by atoms with Crippen LogP contribution < -0.4 is 9.47 Å². The summed E-state index contributed by atoms with van der Waals surface area (Å²) in [5, 5.41) is 12.6. The van der Waals surface area contributed by atoms with Gasteiger partial charge >= 0.3 is 0 Å². The number of ether oxygens (including phenoxy) is 2. The van der Waals surface area contributed by atoms with Crippen molar-refractivity contribution in [1.29, 1.82) is 0 Å². The van der Waals surface area contributed by atoms with E-state index in [1.807, 2.05) is 35.2 Å². The van der Waals surface area contributed by atoms with Crippen LogP contribution >= 0.6 is 11.3 Å². The lowest BCUT2D eigenvalue weighted by molar-refractivity contribution is -0.136. The Morgan fingerprint density at radius 1 is 1.32 bits per heavy atom. The molecule has 4 rings (SSSR count). The van der Waals surface area contributed by atoms with Crippen LogP contribution in [0.1, 0.15) is 42.2 Å². The van der Waals surface area contributed by atoms with E-state index in [9.17, 15) is 9.90 Å². The Labute approximate surface area is 206 Å². The lowest BCUT2D eigenvalue weighted by Crippen LogP contribution is -2.48. The van der Waals surface area contributed by atoms with Crippen LogP contribution in [0.15, 0.2) is 48.4 Å². The minimum atomic E-state index is -0.445. The molecule has 1 aromatic carbocycles. The number of hydrogen-bond donors (Lipinski definition) is 1. The molecule has 0 radical (unpaired) electrons. The molecule has 1 N–H and O–H groups in total. The number of rotatable bonds is 13. The predicted octanol–water partition coefficient (Wildman–Crippen LogP) is 4.30. The first-order valence-corrected chi connectivity index (χ1v) is 13.1. The number of fused-ring (bicyclic) bond motifs is 1. The summed E-state index contributed by atoms with van der Waals surface area (Å²) in [7, 11) is 1.63. The highest BCUT2D eigenvalue weighted by atomic mass is 32.1. The van der Waals surface area contributed by atoms with Crippen LogP contribution in [0, 0.1) is 5.92 Å². The Morgan fingerprint density at radius 2 is 2.12 bits per heavy atom. The molecule has 184 valence electrons. The van der Waals surface area contributed by atoms with Crippen molar-refractivity contribution in [2.24, 2.45) is 5.92 Å². The molecular weight excluding hydrogens is 448 g/mol. The van der Waals surface area contributed by atoms with Crippen molar-refractivity contribution >= 4 is 17.2 Å². The maximum absolute atomic E-state index is 13.6. The molecule has 6 nitrogen and oxygen atoms in total. The van der Waals surface area contributed by atoms with Crippen molar-refractivity contribution in [2.75, 3.05) is 39.9 Å². The minimum Gasteiger partial charge on any atom is -0.493 e. The number of para-hydroxylation sites is 2. The quantitative estimate of drug-likeness (QED) is 0.430. The topological polar surface area (TPSA) is 62.2 Å². The number of allylic oxidation sites excluding steroid dienone is 1. The van der Waals surface area contributed by atoms with Crippen LogP contribution in [-0.4, -0.2) is 66.8 Å². The van der Waals surface area contributed by atoms with Gasteiger partial charge in [-0.15, -0.1) is 17.9 Å². The van der Waals surface area contributed by atoms with Crippen molar-refractivity contribution in [3.63, 3.8) is 0 Å². The molecule has 2 atom stereocenters. The fraction of sp³-hybridized carbons (Fsp3) is 0.519. The molecule has 0 bridgehead atoms. The Morgan fingerprint density at radius 3 is 2.85 bits per heavy atom. The van der Waals surface area contributed by atoms with E-state index < -0.39 is 6.10 Å². The van der Waals surface area contributed by atoms with E-state index in [0.29, 0.717) is 50.1 Å². The zero-order valence-electron chi connectivity index (χ0n) is 20.0. The summed E-state index contributed by atoms with van der Waals surface area (Å²) < 4.78 is 11.6. The molecule has 1 aromatic heterocycles. The van der Waals surface area contributed by atoms with E-state index in [0.717, 1.165) is 19.4 Å². The second-order valence-corrected chi connectivity index (χ2v) is 10.3. The first-order chi connectivity index (χ1) is 16.6. The molecule has 0 unspecified atom stereocenters. The molecule has 1 saturated carbocycles. The van der Waals surface area contributed by atoms with Crippen molar-refractivity contribution in [1.82, 2.24) is 9.80 Å². The fourth-order valence-electron chi connectivity index (χ4n) is 4.63. The lowest BCUT2D eigenvalue weighted by atomic mass is 10.0. The van der Waals surface area contributed by atoms with Crippen molar-refractivity contribution in [3.05, 3.63) is 58.8 Å². The van der Waals surface area contributed by atoms with Gasteiger partial charge in [0, 0.05) is 24.5 Å². The summed E-state index contributed by atoms with van der Waals surface area (Å²) >= 11 is 1.75. The summed E-state index contributed by atoms with van der Waals surface area (Å²) in [5.41, 5.74) is 1.18. The monoisotopic (exact) mass is 484 g/mol. The molecule has 2 heterocycles. The molecule has 34 heavy (non-hydrogen) atoms. The summed E-state index contributed by atoms with van der Waals surface area (Å²) in [6, 6.07) is 9.59. The van der Waals surface area contributed by atoms with Crippen LogP contribution in [0.25, 0.3) is 0 Å². The van der Waals surface area contributed by atoms with E-state index in [1.165, 1.54) is 23.3 Å². The van der Waals surface area contributed by atoms with Crippen LogP contribution in [-0.2, 0) is 11.2 Å². The van der Waals surface area contributed by atoms with Crippen LogP contribution in [0.5, 0.6) is 11.5 Å². The summed E-state index contributed by atoms with van der Waals surface area (Å²) in [6.07, 6.45) is 6.14. The average Bonchev–Trinajstić information content (AvgIpc) is 3.52. The third-order valence-electron chi connectivity index (χ3n) is 6.63. The van der Waals surface area contributed by atoms with E-state index in [2.05, 4.69) is 22.9 Å². The molecule has 2 aliphatic rings. The summed E-state index contributed by atoms with van der Waals surface area (Å²) in [5.74, 6) is 2.11. The third-order valence-corrected chi connectivity index (χ3v) is 7.62.